The monoisotopic (exact) mass is 290 g/mol. The van der Waals surface area contributed by atoms with Gasteiger partial charge < -0.3 is 15.2 Å². The van der Waals surface area contributed by atoms with Crippen LogP contribution in [0.3, 0.4) is 0 Å². The Labute approximate surface area is 124 Å². The zero-order valence-electron chi connectivity index (χ0n) is 12.6. The van der Waals surface area contributed by atoms with Gasteiger partial charge in [0, 0.05) is 19.8 Å². The minimum Gasteiger partial charge on any atom is -0.334 e. The largest absolute Gasteiger partial charge is 0.334 e. The van der Waals surface area contributed by atoms with Gasteiger partial charge in [-0.05, 0) is 32.4 Å². The molecule has 1 aliphatic rings. The molecule has 1 fully saturated rings. The molecule has 21 heavy (non-hydrogen) atoms. The van der Waals surface area contributed by atoms with E-state index in [1.165, 1.54) is 12.8 Å². The summed E-state index contributed by atoms with van der Waals surface area (Å²) >= 11 is 0. The fourth-order valence-corrected chi connectivity index (χ4v) is 2.79. The third kappa shape index (κ3) is 2.98. The maximum absolute atomic E-state index is 6.19. The Morgan fingerprint density at radius 3 is 2.86 bits per heavy atom. The molecule has 2 N–H and O–H groups in total. The normalized spacial score (nSPS) is 17.5. The maximum atomic E-state index is 6.19. The van der Waals surface area contributed by atoms with Crippen LogP contribution in [0.25, 0.3) is 11.5 Å². The van der Waals surface area contributed by atoms with E-state index in [0.717, 1.165) is 37.3 Å². The van der Waals surface area contributed by atoms with Gasteiger partial charge >= 0.3 is 0 Å². The number of aromatic nitrogens is 4. The lowest BCUT2D eigenvalue weighted by Crippen LogP contribution is -2.30. The van der Waals surface area contributed by atoms with Gasteiger partial charge in [0.1, 0.15) is 0 Å². The van der Waals surface area contributed by atoms with Crippen molar-refractivity contribution < 1.29 is 4.52 Å². The second-order valence-electron chi connectivity index (χ2n) is 5.59. The maximum Gasteiger partial charge on any atom is 0.261 e. The first-order valence-corrected chi connectivity index (χ1v) is 7.51. The third-order valence-electron chi connectivity index (χ3n) is 3.90. The van der Waals surface area contributed by atoms with Crippen LogP contribution in [0.5, 0.6) is 0 Å². The molecule has 1 aliphatic heterocycles. The van der Waals surface area contributed by atoms with Crippen molar-refractivity contribution in [1.29, 1.82) is 0 Å². The van der Waals surface area contributed by atoms with Gasteiger partial charge in [0.05, 0.1) is 17.3 Å². The number of hydrogen-bond acceptors (Lipinski definition) is 6. The molecule has 0 aliphatic carbocycles. The van der Waals surface area contributed by atoms with E-state index >= 15 is 0 Å². The Bertz CT molecular complexity index is 598. The quantitative estimate of drug-likeness (QED) is 0.888. The molecule has 3 heterocycles. The van der Waals surface area contributed by atoms with Gasteiger partial charge in [-0.3, -0.25) is 4.68 Å². The van der Waals surface area contributed by atoms with Gasteiger partial charge in [-0.2, -0.15) is 10.1 Å². The summed E-state index contributed by atoms with van der Waals surface area (Å²) in [6.45, 7) is 5.07. The average molecular weight is 290 g/mol. The molecule has 0 aromatic carbocycles. The molecular weight excluding hydrogens is 268 g/mol. The smallest absolute Gasteiger partial charge is 0.261 e. The fraction of sp³-hybridized carbons (Fsp3) is 0.643. The van der Waals surface area contributed by atoms with Crippen molar-refractivity contribution in [3.05, 3.63) is 17.7 Å². The van der Waals surface area contributed by atoms with E-state index in [1.54, 1.807) is 4.68 Å². The lowest BCUT2D eigenvalue weighted by Gasteiger charge is -2.17. The van der Waals surface area contributed by atoms with Crippen LogP contribution in [0.1, 0.15) is 37.3 Å². The molecule has 7 nitrogen and oxygen atoms in total. The Morgan fingerprint density at radius 1 is 1.38 bits per heavy atom. The molecule has 0 bridgehead atoms. The Balaban J connectivity index is 1.75. The van der Waals surface area contributed by atoms with Crippen LogP contribution in [0.4, 0.5) is 0 Å². The van der Waals surface area contributed by atoms with Crippen LogP contribution in [0.15, 0.2) is 10.7 Å². The van der Waals surface area contributed by atoms with E-state index in [1.807, 2.05) is 13.2 Å². The van der Waals surface area contributed by atoms with Crippen molar-refractivity contribution in [1.82, 2.24) is 24.8 Å². The van der Waals surface area contributed by atoms with Crippen LogP contribution in [-0.2, 0) is 13.5 Å². The summed E-state index contributed by atoms with van der Waals surface area (Å²) in [5.74, 6) is 1.08. The van der Waals surface area contributed by atoms with Crippen LogP contribution in [0, 0.1) is 0 Å². The molecule has 1 unspecified atom stereocenters. The van der Waals surface area contributed by atoms with Gasteiger partial charge in [0.15, 0.2) is 5.82 Å². The van der Waals surface area contributed by atoms with Crippen LogP contribution < -0.4 is 5.73 Å². The van der Waals surface area contributed by atoms with Gasteiger partial charge in [-0.25, -0.2) is 0 Å². The van der Waals surface area contributed by atoms with Gasteiger partial charge in [0.2, 0.25) is 0 Å². The summed E-state index contributed by atoms with van der Waals surface area (Å²) in [4.78, 5) is 6.81. The molecule has 0 amide bonds. The molecular formula is C14H22N6O. The topological polar surface area (TPSA) is 86.0 Å². The summed E-state index contributed by atoms with van der Waals surface area (Å²) in [7, 11) is 1.89. The van der Waals surface area contributed by atoms with E-state index in [4.69, 9.17) is 10.3 Å². The zero-order valence-corrected chi connectivity index (χ0v) is 12.6. The van der Waals surface area contributed by atoms with Crippen LogP contribution in [-0.4, -0.2) is 44.5 Å². The SMILES string of the molecule is CCc1nn(C)cc1-c1nc(C(N)CN2CCCC2)no1. The number of rotatable bonds is 5. The number of likely N-dealkylation sites (tertiary alicyclic amines) is 1. The second kappa shape index (κ2) is 5.95. The molecule has 0 radical (unpaired) electrons. The minimum atomic E-state index is -0.206. The van der Waals surface area contributed by atoms with E-state index < -0.39 is 0 Å². The van der Waals surface area contributed by atoms with Crippen molar-refractivity contribution in [2.24, 2.45) is 12.8 Å². The van der Waals surface area contributed by atoms with Crippen LogP contribution >= 0.6 is 0 Å². The molecule has 7 heteroatoms. The van der Waals surface area contributed by atoms with E-state index in [-0.39, 0.29) is 6.04 Å². The molecule has 1 atom stereocenters. The highest BCUT2D eigenvalue weighted by atomic mass is 16.5. The minimum absolute atomic E-state index is 0.206. The van der Waals surface area contributed by atoms with E-state index in [2.05, 4.69) is 27.1 Å². The number of nitrogens with two attached hydrogens (primary N) is 1. The highest BCUT2D eigenvalue weighted by molar-refractivity contribution is 5.55. The number of aryl methyl sites for hydroxylation is 2. The van der Waals surface area contributed by atoms with Crippen molar-refractivity contribution >= 4 is 0 Å². The number of hydrogen-bond donors (Lipinski definition) is 1. The molecule has 2 aromatic rings. The van der Waals surface area contributed by atoms with Crippen molar-refractivity contribution in [3.63, 3.8) is 0 Å². The first-order chi connectivity index (χ1) is 10.2. The highest BCUT2D eigenvalue weighted by Crippen LogP contribution is 2.23. The molecule has 1 saturated heterocycles. The Hall–Kier alpha value is -1.73. The molecule has 3 rings (SSSR count). The molecule has 0 spiro atoms. The third-order valence-corrected chi connectivity index (χ3v) is 3.90. The van der Waals surface area contributed by atoms with Crippen molar-refractivity contribution in [3.8, 4) is 11.5 Å². The average Bonchev–Trinajstić information content (AvgIpc) is 3.17. The van der Waals surface area contributed by atoms with E-state index in [0.29, 0.717) is 11.7 Å². The Kier molecular flexibility index (Phi) is 4.03. The summed E-state index contributed by atoms with van der Waals surface area (Å²) in [5.41, 5.74) is 8.05. The zero-order chi connectivity index (χ0) is 14.8. The Morgan fingerprint density at radius 2 is 2.14 bits per heavy atom. The molecule has 114 valence electrons. The fourth-order valence-electron chi connectivity index (χ4n) is 2.79. The van der Waals surface area contributed by atoms with Crippen molar-refractivity contribution in [2.45, 2.75) is 32.2 Å². The summed E-state index contributed by atoms with van der Waals surface area (Å²) in [6, 6.07) is -0.206. The summed E-state index contributed by atoms with van der Waals surface area (Å²) in [5, 5.41) is 8.44. The van der Waals surface area contributed by atoms with E-state index in [9.17, 15) is 0 Å². The second-order valence-corrected chi connectivity index (χ2v) is 5.59. The number of nitrogens with zero attached hydrogens (tertiary/aromatic N) is 5. The standard InChI is InChI=1S/C14H22N6O/c1-3-12-10(8-19(2)17-12)14-16-13(18-21-14)11(15)9-20-6-4-5-7-20/h8,11H,3-7,9,15H2,1-2H3. The van der Waals surface area contributed by atoms with Gasteiger partial charge in [-0.1, -0.05) is 12.1 Å². The predicted molar refractivity (Wildman–Crippen MR) is 78.5 cm³/mol. The summed E-state index contributed by atoms with van der Waals surface area (Å²) in [6.07, 6.45) is 5.23. The first kappa shape index (κ1) is 14.2. The lowest BCUT2D eigenvalue weighted by molar-refractivity contribution is 0.306. The highest BCUT2D eigenvalue weighted by Gasteiger charge is 2.22. The molecule has 2 aromatic heterocycles. The van der Waals surface area contributed by atoms with Crippen LogP contribution in [0.2, 0.25) is 0 Å². The van der Waals surface area contributed by atoms with Gasteiger partial charge in [-0.15, -0.1) is 0 Å². The molecule has 0 saturated carbocycles. The van der Waals surface area contributed by atoms with Crippen molar-refractivity contribution in [2.75, 3.05) is 19.6 Å². The van der Waals surface area contributed by atoms with Gasteiger partial charge in [0.25, 0.3) is 5.89 Å². The summed E-state index contributed by atoms with van der Waals surface area (Å²) < 4.78 is 7.15. The predicted octanol–water partition coefficient (Wildman–Crippen LogP) is 1.13. The lowest BCUT2D eigenvalue weighted by atomic mass is 10.2. The first-order valence-electron chi connectivity index (χ1n) is 7.51.